The Morgan fingerprint density at radius 2 is 1.02 bits per heavy atom. The Bertz CT molecular complexity index is 2520. The molecular formula is C32H22N10O12S2. The third-order valence-electron chi connectivity index (χ3n) is 7.40. The van der Waals surface area contributed by atoms with E-state index in [0.717, 1.165) is 36.4 Å². The molecule has 0 saturated carbocycles. The zero-order chi connectivity index (χ0) is 40.4. The first-order valence-electron chi connectivity index (χ1n) is 15.3. The fourth-order valence-corrected chi connectivity index (χ4v) is 6.32. The lowest BCUT2D eigenvalue weighted by atomic mass is 10.1. The van der Waals surface area contributed by atoms with Gasteiger partial charge in [0.2, 0.25) is 11.4 Å². The van der Waals surface area contributed by atoms with Crippen molar-refractivity contribution in [2.75, 3.05) is 20.9 Å². The van der Waals surface area contributed by atoms with Gasteiger partial charge in [0.1, 0.15) is 9.79 Å². The lowest BCUT2D eigenvalue weighted by Crippen LogP contribution is -2.31. The molecule has 0 atom stereocenters. The summed E-state index contributed by atoms with van der Waals surface area (Å²) in [6.45, 7) is 0. The quantitative estimate of drug-likeness (QED) is 0.0674. The number of hydrogen-bond donors (Lipinski definition) is 6. The topological polar surface area (TPSA) is 323 Å². The highest BCUT2D eigenvalue weighted by molar-refractivity contribution is 7.86. The van der Waals surface area contributed by atoms with E-state index >= 15 is 0 Å². The van der Waals surface area contributed by atoms with Gasteiger partial charge >= 0.3 is 23.8 Å². The van der Waals surface area contributed by atoms with Gasteiger partial charge in [0, 0.05) is 12.4 Å². The van der Waals surface area contributed by atoms with Crippen LogP contribution in [0.2, 0.25) is 0 Å². The van der Waals surface area contributed by atoms with Gasteiger partial charge in [-0.2, -0.15) is 47.3 Å². The number of hydrazone groups is 4. The summed E-state index contributed by atoms with van der Waals surface area (Å²) < 4.78 is 69.5. The van der Waals surface area contributed by atoms with E-state index in [0.29, 0.717) is 10.0 Å². The summed E-state index contributed by atoms with van der Waals surface area (Å²) in [5, 5.41) is 35.7. The first-order chi connectivity index (χ1) is 26.5. The molecule has 0 saturated heterocycles. The number of carboxylic acid groups (broad SMARTS) is 2. The van der Waals surface area contributed by atoms with E-state index in [4.69, 9.17) is 0 Å². The molecule has 2 aliphatic heterocycles. The first kappa shape index (κ1) is 38.2. The molecule has 0 bridgehead atoms. The van der Waals surface area contributed by atoms with Gasteiger partial charge in [-0.05, 0) is 59.7 Å². The highest BCUT2D eigenvalue weighted by atomic mass is 32.2. The number of carbonyl (C=O) groups is 4. The third-order valence-corrected chi connectivity index (χ3v) is 9.21. The predicted octanol–water partition coefficient (Wildman–Crippen LogP) is 1.65. The van der Waals surface area contributed by atoms with Crippen molar-refractivity contribution in [3.05, 3.63) is 96.3 Å². The summed E-state index contributed by atoms with van der Waals surface area (Å²) in [6, 6.07) is 15.5. The number of carbonyl (C=O) groups excluding carboxylic acids is 2. The first-order valence-corrected chi connectivity index (χ1v) is 18.1. The average molecular weight is 803 g/mol. The molecule has 24 heteroatoms. The van der Waals surface area contributed by atoms with E-state index in [9.17, 15) is 55.3 Å². The largest absolute Gasteiger partial charge is 0.476 e. The Labute approximate surface area is 314 Å². The van der Waals surface area contributed by atoms with Crippen molar-refractivity contribution in [2.24, 2.45) is 20.4 Å². The summed E-state index contributed by atoms with van der Waals surface area (Å²) in [6.07, 6.45) is 4.85. The monoisotopic (exact) mass is 802 g/mol. The summed E-state index contributed by atoms with van der Waals surface area (Å²) in [4.78, 5) is 55.9. The normalized spacial score (nSPS) is 16.1. The van der Waals surface area contributed by atoms with Crippen LogP contribution in [0.3, 0.4) is 0 Å². The van der Waals surface area contributed by atoms with Crippen LogP contribution in [-0.4, -0.2) is 92.7 Å². The van der Waals surface area contributed by atoms with Gasteiger partial charge in [0.05, 0.1) is 11.4 Å². The van der Waals surface area contributed by atoms with E-state index in [1.54, 1.807) is 12.1 Å². The van der Waals surface area contributed by atoms with Crippen LogP contribution < -0.4 is 20.9 Å². The van der Waals surface area contributed by atoms with Gasteiger partial charge in [-0.25, -0.2) is 19.6 Å². The molecule has 2 amide bonds. The lowest BCUT2D eigenvalue weighted by molar-refractivity contribution is -0.130. The number of rotatable bonds is 12. The highest BCUT2D eigenvalue weighted by Gasteiger charge is 2.39. The fourth-order valence-electron chi connectivity index (χ4n) is 4.90. The molecule has 0 fully saturated rings. The Kier molecular flexibility index (Phi) is 10.3. The van der Waals surface area contributed by atoms with E-state index in [1.807, 2.05) is 0 Å². The van der Waals surface area contributed by atoms with Gasteiger partial charge in [-0.15, -0.1) is 0 Å². The van der Waals surface area contributed by atoms with Crippen LogP contribution in [0, 0.1) is 0 Å². The van der Waals surface area contributed by atoms with E-state index in [2.05, 4.69) is 41.2 Å². The van der Waals surface area contributed by atoms with Crippen molar-refractivity contribution < 1.29 is 55.3 Å². The number of amides is 2. The minimum absolute atomic E-state index is 0.00160. The summed E-state index contributed by atoms with van der Waals surface area (Å²) in [5.74, 6) is -5.13. The molecule has 2 aliphatic rings. The molecule has 2 aromatic carbocycles. The van der Waals surface area contributed by atoms with Crippen LogP contribution >= 0.6 is 0 Å². The molecule has 4 heterocycles. The zero-order valence-corrected chi connectivity index (χ0v) is 29.3. The van der Waals surface area contributed by atoms with Crippen LogP contribution in [0.1, 0.15) is 11.1 Å². The number of aromatic nitrogens is 2. The SMILES string of the molecule is O=C(O)C1=NN(c2ccccn2)C(=O)/C1=N\Nc1ccc(/C=C/c2ccc(N/N=C3/C(=O)N(c4ccccn4)N=C3C(=O)O)cc2S(=O)(=O)O)c(S(=O)(=O)O)c1. The number of nitrogens with zero attached hydrogens (tertiary/aromatic N) is 8. The molecule has 0 aliphatic carbocycles. The van der Waals surface area contributed by atoms with Crippen LogP contribution in [0.15, 0.2) is 115 Å². The standard InChI is InChI=1S/C32H22N10O12S2/c43-29-25(27(31(45)46)39-41(29)23-5-1-3-13-33-23)37-35-19-11-9-17(21(15-19)55(49,50)51)7-8-18-10-12-20(16-22(18)56(52,53)54)36-38-26-28(32(47)48)40-42(30(26)44)24-6-2-4-14-34-24/h1-16,35-36H,(H,45,46)(H,47,48)(H,49,50,51)(H,52,53,54)/b8-7+,37-25-,38-26+. The van der Waals surface area contributed by atoms with Crippen molar-refractivity contribution >= 4 is 102 Å². The second kappa shape index (κ2) is 15.1. The van der Waals surface area contributed by atoms with Gasteiger partial charge in [-0.3, -0.25) is 29.5 Å². The van der Waals surface area contributed by atoms with Crippen molar-refractivity contribution in [1.29, 1.82) is 0 Å². The molecule has 6 rings (SSSR count). The minimum Gasteiger partial charge on any atom is -0.476 e. The lowest BCUT2D eigenvalue weighted by Gasteiger charge is -2.10. The molecule has 284 valence electrons. The van der Waals surface area contributed by atoms with Crippen molar-refractivity contribution in [1.82, 2.24) is 9.97 Å². The zero-order valence-electron chi connectivity index (χ0n) is 27.7. The second-order valence-electron chi connectivity index (χ2n) is 11.1. The minimum atomic E-state index is -4.99. The molecule has 0 spiro atoms. The summed E-state index contributed by atoms with van der Waals surface area (Å²) in [5.41, 5.74) is 1.21. The van der Waals surface area contributed by atoms with Gasteiger partial charge < -0.3 is 10.2 Å². The number of aliphatic carboxylic acids is 2. The van der Waals surface area contributed by atoms with E-state index < -0.39 is 76.6 Å². The number of nitrogens with one attached hydrogen (secondary N) is 2. The molecule has 22 nitrogen and oxygen atoms in total. The average Bonchev–Trinajstić information content (AvgIpc) is 3.68. The summed E-state index contributed by atoms with van der Waals surface area (Å²) in [7, 11) is -9.99. The molecule has 2 aromatic heterocycles. The van der Waals surface area contributed by atoms with Gasteiger partial charge in [0.25, 0.3) is 20.2 Å². The van der Waals surface area contributed by atoms with E-state index in [1.165, 1.54) is 48.8 Å². The Balaban J connectivity index is 1.26. The van der Waals surface area contributed by atoms with Crippen LogP contribution in [-0.2, 0) is 39.4 Å². The number of carboxylic acids is 2. The Morgan fingerprint density at radius 3 is 1.34 bits per heavy atom. The fraction of sp³-hybridized carbons (Fsp3) is 0. The van der Waals surface area contributed by atoms with Crippen molar-refractivity contribution in [3.8, 4) is 0 Å². The van der Waals surface area contributed by atoms with E-state index in [-0.39, 0.29) is 34.1 Å². The van der Waals surface area contributed by atoms with Crippen LogP contribution in [0.5, 0.6) is 0 Å². The molecule has 4 aromatic rings. The molecule has 6 N–H and O–H groups in total. The Morgan fingerprint density at radius 1 is 0.625 bits per heavy atom. The number of hydrogen-bond acceptors (Lipinski definition) is 16. The summed E-state index contributed by atoms with van der Waals surface area (Å²) >= 11 is 0. The third kappa shape index (κ3) is 8.01. The van der Waals surface area contributed by atoms with Crippen molar-refractivity contribution in [3.63, 3.8) is 0 Å². The number of anilines is 4. The second-order valence-corrected chi connectivity index (χ2v) is 13.8. The molecule has 0 unspecified atom stereocenters. The van der Waals surface area contributed by atoms with Gasteiger partial charge in [-0.1, -0.05) is 36.4 Å². The smallest absolute Gasteiger partial charge is 0.358 e. The maximum absolute atomic E-state index is 12.9. The highest BCUT2D eigenvalue weighted by Crippen LogP contribution is 2.27. The number of benzene rings is 2. The number of pyridine rings is 2. The van der Waals surface area contributed by atoms with Crippen LogP contribution in [0.25, 0.3) is 12.2 Å². The molecule has 0 radical (unpaired) electrons. The maximum Gasteiger partial charge on any atom is 0.358 e. The van der Waals surface area contributed by atoms with Gasteiger partial charge in [0.15, 0.2) is 23.1 Å². The molecule has 56 heavy (non-hydrogen) atoms. The van der Waals surface area contributed by atoms with Crippen LogP contribution in [0.4, 0.5) is 23.0 Å². The molecular weight excluding hydrogens is 781 g/mol. The predicted molar refractivity (Wildman–Crippen MR) is 197 cm³/mol. The maximum atomic E-state index is 12.9. The van der Waals surface area contributed by atoms with Crippen molar-refractivity contribution in [2.45, 2.75) is 9.79 Å². The Hall–Kier alpha value is -7.54.